The lowest BCUT2D eigenvalue weighted by Crippen LogP contribution is -2.55. The molecule has 1 unspecified atom stereocenters. The third-order valence-corrected chi connectivity index (χ3v) is 9.09. The third kappa shape index (κ3) is 6.94. The van der Waals surface area contributed by atoms with Crippen LogP contribution in [0, 0.1) is 11.3 Å². The molecule has 3 aromatic carbocycles. The minimum atomic E-state index is -0.407. The Kier molecular flexibility index (Phi) is 9.31. The van der Waals surface area contributed by atoms with Crippen LogP contribution in [0.5, 0.6) is 6.01 Å². The number of nitrogens with one attached hydrogen (secondary N) is 1. The van der Waals surface area contributed by atoms with Crippen LogP contribution in [0.1, 0.15) is 23.2 Å². The van der Waals surface area contributed by atoms with Crippen LogP contribution in [0.4, 0.5) is 16.3 Å². The molecule has 2 atom stereocenters. The van der Waals surface area contributed by atoms with Gasteiger partial charge in [-0.15, -0.1) is 0 Å². The highest BCUT2D eigenvalue weighted by Crippen LogP contribution is 2.35. The van der Waals surface area contributed by atoms with Crippen molar-refractivity contribution in [3.8, 4) is 12.1 Å². The molecule has 0 bridgehead atoms. The predicted molar refractivity (Wildman–Crippen MR) is 178 cm³/mol. The fourth-order valence-electron chi connectivity index (χ4n) is 6.68. The Morgan fingerprint density at radius 2 is 1.85 bits per heavy atom. The Morgan fingerprint density at radius 3 is 2.70 bits per heavy atom. The summed E-state index contributed by atoms with van der Waals surface area (Å²) in [6.45, 7) is 5.49. The van der Waals surface area contributed by atoms with Gasteiger partial charge in [-0.05, 0) is 23.4 Å². The Labute approximate surface area is 274 Å². The Bertz CT molecular complexity index is 1740. The SMILES string of the molecule is N#CCC1CN(c2nc(OC[C@@H]3COCCN3)nc3c2CCN(c2cccc4ccccc24)C3)CCN1C(=O)OCc1ccccc1. The average molecular weight is 634 g/mol. The van der Waals surface area contributed by atoms with Crippen LogP contribution in [0.15, 0.2) is 72.8 Å². The molecule has 7 rings (SSSR count). The van der Waals surface area contributed by atoms with Gasteiger partial charge in [-0.2, -0.15) is 15.2 Å². The number of rotatable bonds is 8. The van der Waals surface area contributed by atoms with E-state index in [0.717, 1.165) is 42.1 Å². The number of amides is 1. The summed E-state index contributed by atoms with van der Waals surface area (Å²) >= 11 is 0. The zero-order valence-electron chi connectivity index (χ0n) is 26.4. The van der Waals surface area contributed by atoms with Gasteiger partial charge >= 0.3 is 12.1 Å². The molecule has 0 aliphatic carbocycles. The first-order chi connectivity index (χ1) is 23.2. The van der Waals surface area contributed by atoms with Gasteiger partial charge in [0.2, 0.25) is 0 Å². The van der Waals surface area contributed by atoms with Gasteiger partial charge in [0.1, 0.15) is 19.0 Å². The summed E-state index contributed by atoms with van der Waals surface area (Å²) in [5, 5.41) is 15.6. The fourth-order valence-corrected chi connectivity index (χ4v) is 6.68. The van der Waals surface area contributed by atoms with E-state index in [1.165, 1.54) is 16.5 Å². The summed E-state index contributed by atoms with van der Waals surface area (Å²) < 4.78 is 17.5. The van der Waals surface area contributed by atoms with Crippen molar-refractivity contribution in [1.82, 2.24) is 20.2 Å². The van der Waals surface area contributed by atoms with E-state index in [9.17, 15) is 10.1 Å². The first-order valence-electron chi connectivity index (χ1n) is 16.3. The maximum Gasteiger partial charge on any atom is 0.410 e. The molecule has 3 aliphatic heterocycles. The van der Waals surface area contributed by atoms with Crippen LogP contribution in [-0.2, 0) is 29.0 Å². The highest BCUT2D eigenvalue weighted by molar-refractivity contribution is 5.94. The van der Waals surface area contributed by atoms with Gasteiger partial charge in [0, 0.05) is 49.4 Å². The Hall–Kier alpha value is -4.92. The molecular weight excluding hydrogens is 594 g/mol. The van der Waals surface area contributed by atoms with Gasteiger partial charge < -0.3 is 34.2 Å². The molecule has 3 aliphatic rings. The second-order valence-corrected chi connectivity index (χ2v) is 12.2. The standard InChI is InChI=1S/C36H39N7O4/c37-15-13-29-21-42(18-19-43(29)36(44)47-23-26-7-2-1-3-8-26)34-31-14-17-41(33-12-6-10-27-9-4-5-11-30(27)33)22-32(31)39-35(40-34)46-25-28-24-45-20-16-38-28/h1-12,28-29,38H,13-14,16-25H2/t28-,29?/m0/s1. The van der Waals surface area contributed by atoms with E-state index in [1.807, 2.05) is 30.3 Å². The van der Waals surface area contributed by atoms with Crippen molar-refractivity contribution in [3.63, 3.8) is 0 Å². The van der Waals surface area contributed by atoms with E-state index in [2.05, 4.69) is 63.7 Å². The molecule has 11 heteroatoms. The lowest BCUT2D eigenvalue weighted by Gasteiger charge is -2.42. The normalized spacial score (nSPS) is 19.6. The summed E-state index contributed by atoms with van der Waals surface area (Å²) in [6.07, 6.45) is 0.542. The number of fused-ring (bicyclic) bond motifs is 2. The Morgan fingerprint density at radius 1 is 1.00 bits per heavy atom. The van der Waals surface area contributed by atoms with Crippen molar-refractivity contribution in [2.45, 2.75) is 38.1 Å². The van der Waals surface area contributed by atoms with Crippen molar-refractivity contribution in [2.24, 2.45) is 0 Å². The zero-order valence-corrected chi connectivity index (χ0v) is 26.4. The van der Waals surface area contributed by atoms with Gasteiger partial charge in [-0.3, -0.25) is 0 Å². The summed E-state index contributed by atoms with van der Waals surface area (Å²) in [4.78, 5) is 29.4. The molecule has 2 saturated heterocycles. The zero-order chi connectivity index (χ0) is 32.0. The van der Waals surface area contributed by atoms with E-state index < -0.39 is 6.09 Å². The molecule has 0 saturated carbocycles. The van der Waals surface area contributed by atoms with Gasteiger partial charge in [0.25, 0.3) is 0 Å². The van der Waals surface area contributed by atoms with E-state index in [0.29, 0.717) is 52.0 Å². The summed E-state index contributed by atoms with van der Waals surface area (Å²) in [6, 6.07) is 26.8. The van der Waals surface area contributed by atoms with E-state index >= 15 is 0 Å². The van der Waals surface area contributed by atoms with Gasteiger partial charge in [-0.25, -0.2) is 4.79 Å². The van der Waals surface area contributed by atoms with E-state index in [1.54, 1.807) is 4.90 Å². The Balaban J connectivity index is 1.14. The quantitative estimate of drug-likeness (QED) is 0.301. The molecule has 2 fully saturated rings. The largest absolute Gasteiger partial charge is 0.462 e. The summed E-state index contributed by atoms with van der Waals surface area (Å²) in [5.41, 5.74) is 4.11. The number of aromatic nitrogens is 2. The van der Waals surface area contributed by atoms with Crippen LogP contribution in [0.3, 0.4) is 0 Å². The number of ether oxygens (including phenoxy) is 3. The van der Waals surface area contributed by atoms with Crippen molar-refractivity contribution in [2.75, 3.05) is 62.3 Å². The minimum Gasteiger partial charge on any atom is -0.462 e. The van der Waals surface area contributed by atoms with Gasteiger partial charge in [0.05, 0.1) is 50.0 Å². The van der Waals surface area contributed by atoms with Gasteiger partial charge in [0.15, 0.2) is 0 Å². The van der Waals surface area contributed by atoms with E-state index in [-0.39, 0.29) is 25.1 Å². The van der Waals surface area contributed by atoms with Crippen LogP contribution in [-0.4, -0.2) is 85.6 Å². The second-order valence-electron chi connectivity index (χ2n) is 12.2. The molecular formula is C36H39N7O4. The molecule has 242 valence electrons. The lowest BCUT2D eigenvalue weighted by molar-refractivity contribution is 0.0576. The molecule has 1 aromatic heterocycles. The number of nitrogens with zero attached hydrogens (tertiary/aromatic N) is 6. The number of carbonyl (C=O) groups is 1. The maximum absolute atomic E-state index is 13.2. The number of piperazine rings is 1. The highest BCUT2D eigenvalue weighted by atomic mass is 16.6. The number of morpholine rings is 1. The van der Waals surface area contributed by atoms with Crippen LogP contribution in [0.25, 0.3) is 10.8 Å². The number of benzene rings is 3. The van der Waals surface area contributed by atoms with Crippen LogP contribution >= 0.6 is 0 Å². The number of anilines is 2. The van der Waals surface area contributed by atoms with Gasteiger partial charge in [-0.1, -0.05) is 66.7 Å². The van der Waals surface area contributed by atoms with Crippen LogP contribution < -0.4 is 19.9 Å². The van der Waals surface area contributed by atoms with E-state index in [4.69, 9.17) is 24.2 Å². The van der Waals surface area contributed by atoms with Crippen molar-refractivity contribution in [3.05, 3.63) is 89.6 Å². The smallest absolute Gasteiger partial charge is 0.410 e. The van der Waals surface area contributed by atoms with Crippen LogP contribution in [0.2, 0.25) is 0 Å². The molecule has 0 radical (unpaired) electrons. The second kappa shape index (κ2) is 14.2. The summed E-state index contributed by atoms with van der Waals surface area (Å²) in [5.74, 6) is 0.815. The molecule has 4 aromatic rings. The first-order valence-corrected chi connectivity index (χ1v) is 16.3. The number of carbonyl (C=O) groups excluding carboxylic acids is 1. The predicted octanol–water partition coefficient (Wildman–Crippen LogP) is 4.30. The van der Waals surface area contributed by atoms with Crippen molar-refractivity contribution < 1.29 is 19.0 Å². The summed E-state index contributed by atoms with van der Waals surface area (Å²) in [7, 11) is 0. The molecule has 0 spiro atoms. The number of hydrogen-bond acceptors (Lipinski definition) is 10. The molecule has 4 heterocycles. The van der Waals surface area contributed by atoms with Crippen molar-refractivity contribution >= 4 is 28.4 Å². The minimum absolute atomic E-state index is 0.0597. The molecule has 11 nitrogen and oxygen atoms in total. The average Bonchev–Trinajstić information content (AvgIpc) is 3.13. The lowest BCUT2D eigenvalue weighted by atomic mass is 10.0. The molecule has 1 N–H and O–H groups in total. The number of hydrogen-bond donors (Lipinski definition) is 1. The first kappa shape index (κ1) is 30.7. The fraction of sp³-hybridized carbons (Fsp3) is 0.389. The van der Waals surface area contributed by atoms with Crippen molar-refractivity contribution in [1.29, 1.82) is 5.26 Å². The third-order valence-electron chi connectivity index (χ3n) is 9.09. The monoisotopic (exact) mass is 633 g/mol. The maximum atomic E-state index is 13.2. The molecule has 47 heavy (non-hydrogen) atoms. The topological polar surface area (TPSA) is 116 Å². The number of nitriles is 1. The highest BCUT2D eigenvalue weighted by Gasteiger charge is 2.35. The molecule has 1 amide bonds.